The maximum absolute atomic E-state index is 13.1. The lowest BCUT2D eigenvalue weighted by Gasteiger charge is -2.26. The van der Waals surface area contributed by atoms with Gasteiger partial charge in [-0.2, -0.15) is 4.31 Å². The third kappa shape index (κ3) is 6.15. The number of hydrogen-bond acceptors (Lipinski definition) is 4. The van der Waals surface area contributed by atoms with Crippen molar-refractivity contribution in [2.45, 2.75) is 70.2 Å². The van der Waals surface area contributed by atoms with Gasteiger partial charge in [-0.3, -0.25) is 4.79 Å². The van der Waals surface area contributed by atoms with Crippen molar-refractivity contribution in [3.8, 4) is 5.75 Å². The molecule has 2 aromatic rings. The molecule has 0 aliphatic carbocycles. The summed E-state index contributed by atoms with van der Waals surface area (Å²) in [4.78, 5) is 13.1. The van der Waals surface area contributed by atoms with Gasteiger partial charge in [0.05, 0.1) is 18.0 Å². The quantitative estimate of drug-likeness (QED) is 0.575. The van der Waals surface area contributed by atoms with E-state index in [1.165, 1.54) is 11.1 Å². The van der Waals surface area contributed by atoms with Crippen molar-refractivity contribution in [2.75, 3.05) is 20.2 Å². The summed E-state index contributed by atoms with van der Waals surface area (Å²) in [7, 11) is -1.98. The number of benzene rings is 2. The molecule has 0 radical (unpaired) electrons. The Hall–Kier alpha value is -2.38. The van der Waals surface area contributed by atoms with Crippen LogP contribution in [0.2, 0.25) is 0 Å². The molecule has 6 nitrogen and oxygen atoms in total. The Balaban J connectivity index is 1.71. The Kier molecular flexibility index (Phi) is 8.54. The topological polar surface area (TPSA) is 75.7 Å². The fourth-order valence-electron chi connectivity index (χ4n) is 4.50. The van der Waals surface area contributed by atoms with Crippen LogP contribution in [0.25, 0.3) is 0 Å². The Labute approximate surface area is 198 Å². The molecule has 1 aliphatic heterocycles. The summed E-state index contributed by atoms with van der Waals surface area (Å²) >= 11 is 0. The molecule has 1 N–H and O–H groups in total. The van der Waals surface area contributed by atoms with E-state index in [0.29, 0.717) is 25.3 Å². The fraction of sp³-hybridized carbons (Fsp3) is 0.500. The number of methoxy groups -OCH3 is 1. The first-order valence-corrected chi connectivity index (χ1v) is 13.2. The zero-order valence-corrected chi connectivity index (χ0v) is 21.0. The molecule has 1 atom stereocenters. The molecular weight excluding hydrogens is 436 g/mol. The fourth-order valence-corrected chi connectivity index (χ4v) is 6.06. The van der Waals surface area contributed by atoms with Crippen LogP contribution in [0.15, 0.2) is 41.3 Å². The van der Waals surface area contributed by atoms with E-state index in [-0.39, 0.29) is 23.3 Å². The number of amides is 1. The van der Waals surface area contributed by atoms with Crippen molar-refractivity contribution in [3.63, 3.8) is 0 Å². The molecule has 1 aliphatic rings. The summed E-state index contributed by atoms with van der Waals surface area (Å²) in [6, 6.07) is 11.2. The number of nitrogens with zero attached hydrogens (tertiary/aromatic N) is 1. The van der Waals surface area contributed by atoms with Crippen molar-refractivity contribution in [3.05, 3.63) is 58.7 Å². The minimum absolute atomic E-state index is 0.0502. The first kappa shape index (κ1) is 25.2. The Morgan fingerprint density at radius 3 is 2.45 bits per heavy atom. The van der Waals surface area contributed by atoms with Gasteiger partial charge in [0, 0.05) is 19.5 Å². The summed E-state index contributed by atoms with van der Waals surface area (Å²) < 4.78 is 33.2. The highest BCUT2D eigenvalue weighted by Gasteiger charge is 2.27. The van der Waals surface area contributed by atoms with Gasteiger partial charge >= 0.3 is 0 Å². The summed E-state index contributed by atoms with van der Waals surface area (Å²) in [6.45, 7) is 7.30. The van der Waals surface area contributed by atoms with Gasteiger partial charge in [0.2, 0.25) is 15.9 Å². The summed E-state index contributed by atoms with van der Waals surface area (Å²) in [5.74, 6) is 0.537. The molecule has 0 unspecified atom stereocenters. The summed E-state index contributed by atoms with van der Waals surface area (Å²) in [5.41, 5.74) is 4.22. The van der Waals surface area contributed by atoms with E-state index in [0.717, 1.165) is 36.8 Å². The molecule has 33 heavy (non-hydrogen) atoms. The number of carbonyl (C=O) groups excluding carboxylic acids is 1. The molecular formula is C26H36N2O4S. The lowest BCUT2D eigenvalue weighted by atomic mass is 9.97. The number of carbonyl (C=O) groups is 1. The van der Waals surface area contributed by atoms with Crippen LogP contribution in [0.3, 0.4) is 0 Å². The predicted molar refractivity (Wildman–Crippen MR) is 131 cm³/mol. The van der Waals surface area contributed by atoms with Gasteiger partial charge in [-0.25, -0.2) is 8.42 Å². The van der Waals surface area contributed by atoms with Crippen molar-refractivity contribution < 1.29 is 17.9 Å². The molecule has 1 amide bonds. The second kappa shape index (κ2) is 11.2. The van der Waals surface area contributed by atoms with Crippen LogP contribution >= 0.6 is 0 Å². The molecule has 0 bridgehead atoms. The van der Waals surface area contributed by atoms with E-state index >= 15 is 0 Å². The molecule has 0 aromatic heterocycles. The van der Waals surface area contributed by atoms with Gasteiger partial charge in [-0.05, 0) is 74.4 Å². The first-order chi connectivity index (χ1) is 15.8. The average Bonchev–Trinajstić information content (AvgIpc) is 2.82. The molecule has 0 saturated carbocycles. The van der Waals surface area contributed by atoms with E-state index in [1.54, 1.807) is 29.6 Å². The number of rotatable bonds is 9. The molecule has 3 rings (SSSR count). The summed E-state index contributed by atoms with van der Waals surface area (Å²) in [5, 5.41) is 3.14. The van der Waals surface area contributed by atoms with E-state index in [9.17, 15) is 13.2 Å². The Morgan fingerprint density at radius 1 is 1.09 bits per heavy atom. The van der Waals surface area contributed by atoms with Crippen LogP contribution in [0.5, 0.6) is 5.75 Å². The second-order valence-corrected chi connectivity index (χ2v) is 10.8. The zero-order valence-electron chi connectivity index (χ0n) is 20.2. The molecule has 0 spiro atoms. The molecule has 1 saturated heterocycles. The molecule has 7 heteroatoms. The largest absolute Gasteiger partial charge is 0.496 e. The second-order valence-electron chi connectivity index (χ2n) is 8.83. The Morgan fingerprint density at radius 2 is 1.82 bits per heavy atom. The van der Waals surface area contributed by atoms with E-state index in [2.05, 4.69) is 44.3 Å². The van der Waals surface area contributed by atoms with Crippen molar-refractivity contribution >= 4 is 15.9 Å². The zero-order chi connectivity index (χ0) is 24.0. The predicted octanol–water partition coefficient (Wildman–Crippen LogP) is 4.69. The van der Waals surface area contributed by atoms with Gasteiger partial charge in [0.1, 0.15) is 5.75 Å². The third-order valence-electron chi connectivity index (χ3n) is 6.37. The lowest BCUT2D eigenvalue weighted by Crippen LogP contribution is -2.35. The monoisotopic (exact) mass is 472 g/mol. The lowest BCUT2D eigenvalue weighted by molar-refractivity contribution is -0.121. The minimum Gasteiger partial charge on any atom is -0.496 e. The highest BCUT2D eigenvalue weighted by Crippen LogP contribution is 2.28. The number of hydrogen-bond donors (Lipinski definition) is 1. The first-order valence-electron chi connectivity index (χ1n) is 11.8. The SMILES string of the molecule is CC[C@@H](NC(=O)CCc1cc(S(=O)(=O)N2CCCCC2)ccc1OC)c1ccc(C)cc1C. The van der Waals surface area contributed by atoms with Crippen LogP contribution in [0.1, 0.15) is 67.3 Å². The van der Waals surface area contributed by atoms with E-state index in [4.69, 9.17) is 4.74 Å². The molecule has 2 aromatic carbocycles. The number of sulfonamides is 1. The van der Waals surface area contributed by atoms with Gasteiger partial charge in [0.25, 0.3) is 0 Å². The van der Waals surface area contributed by atoms with Gasteiger partial charge in [-0.15, -0.1) is 0 Å². The van der Waals surface area contributed by atoms with Crippen LogP contribution in [0.4, 0.5) is 0 Å². The van der Waals surface area contributed by atoms with Crippen molar-refractivity contribution in [1.82, 2.24) is 9.62 Å². The number of piperidine rings is 1. The molecule has 1 heterocycles. The number of nitrogens with one attached hydrogen (secondary N) is 1. The molecule has 1 fully saturated rings. The van der Waals surface area contributed by atoms with E-state index < -0.39 is 10.0 Å². The van der Waals surface area contributed by atoms with Gasteiger partial charge < -0.3 is 10.1 Å². The number of aryl methyl sites for hydroxylation is 3. The smallest absolute Gasteiger partial charge is 0.243 e. The summed E-state index contributed by atoms with van der Waals surface area (Å²) in [6.07, 6.45) is 4.30. The Bertz CT molecular complexity index is 1080. The minimum atomic E-state index is -3.54. The number of ether oxygens (including phenoxy) is 1. The maximum Gasteiger partial charge on any atom is 0.243 e. The highest BCUT2D eigenvalue weighted by atomic mass is 32.2. The van der Waals surface area contributed by atoms with Crippen LogP contribution < -0.4 is 10.1 Å². The van der Waals surface area contributed by atoms with Gasteiger partial charge in [-0.1, -0.05) is 37.1 Å². The third-order valence-corrected chi connectivity index (χ3v) is 8.26. The average molecular weight is 473 g/mol. The standard InChI is InChI=1S/C26H36N2O4S/c1-5-24(23-12-9-19(2)17-20(23)3)27-26(29)14-10-21-18-22(11-13-25(21)32-4)33(30,31)28-15-7-6-8-16-28/h9,11-13,17-18,24H,5-8,10,14-16H2,1-4H3,(H,27,29)/t24-/m1/s1. The normalized spacial score (nSPS) is 15.8. The van der Waals surface area contributed by atoms with Crippen LogP contribution in [0, 0.1) is 13.8 Å². The van der Waals surface area contributed by atoms with Crippen LogP contribution in [-0.2, 0) is 21.2 Å². The van der Waals surface area contributed by atoms with Gasteiger partial charge in [0.15, 0.2) is 0 Å². The highest BCUT2D eigenvalue weighted by molar-refractivity contribution is 7.89. The van der Waals surface area contributed by atoms with E-state index in [1.807, 2.05) is 0 Å². The molecule has 180 valence electrons. The van der Waals surface area contributed by atoms with Crippen LogP contribution in [-0.4, -0.2) is 38.8 Å². The maximum atomic E-state index is 13.1. The van der Waals surface area contributed by atoms with Crippen molar-refractivity contribution in [1.29, 1.82) is 0 Å². The van der Waals surface area contributed by atoms with Crippen molar-refractivity contribution in [2.24, 2.45) is 0 Å².